The number of imidazole rings is 1. The van der Waals surface area contributed by atoms with E-state index in [0.29, 0.717) is 11.5 Å². The molecule has 0 amide bonds. The number of halogens is 1. The highest BCUT2D eigenvalue weighted by atomic mass is 19.1. The van der Waals surface area contributed by atoms with Crippen molar-refractivity contribution >= 4 is 11.7 Å². The minimum absolute atomic E-state index is 0.124. The number of hydrogen-bond donors (Lipinski definition) is 2. The van der Waals surface area contributed by atoms with Gasteiger partial charge in [0.15, 0.2) is 5.84 Å². The van der Waals surface area contributed by atoms with Gasteiger partial charge in [0.25, 0.3) is 5.92 Å². The number of nitrogens with one attached hydrogen (secondary N) is 1. The number of anilines is 1. The molecule has 0 fully saturated rings. The maximum atomic E-state index is 13.4. The van der Waals surface area contributed by atoms with E-state index >= 15 is 0 Å². The maximum absolute atomic E-state index is 13.4. The van der Waals surface area contributed by atoms with Crippen molar-refractivity contribution in [1.82, 2.24) is 9.55 Å². The first kappa shape index (κ1) is 8.03. The zero-order valence-electron chi connectivity index (χ0n) is 7.37. The van der Waals surface area contributed by atoms with Crippen molar-refractivity contribution in [2.45, 2.75) is 12.8 Å². The zero-order chi connectivity index (χ0) is 9.64. The molecule has 1 atom stereocenters. The van der Waals surface area contributed by atoms with Gasteiger partial charge in [0.1, 0.15) is 11.5 Å². The van der Waals surface area contributed by atoms with Crippen LogP contribution < -0.4 is 11.1 Å². The minimum atomic E-state index is -1.84. The Hall–Kier alpha value is -1.59. The number of nitrogens with two attached hydrogens (primary N) is 1. The van der Waals surface area contributed by atoms with E-state index in [-0.39, 0.29) is 5.84 Å². The third-order valence-corrected chi connectivity index (χ3v) is 1.86. The molecule has 0 spiro atoms. The molecule has 1 aromatic rings. The first-order valence-electron chi connectivity index (χ1n) is 3.84. The monoisotopic (exact) mass is 183 g/mol. The molecule has 1 unspecified atom stereocenters. The molecule has 2 heterocycles. The van der Waals surface area contributed by atoms with Crippen LogP contribution in [0.4, 0.5) is 10.2 Å². The van der Waals surface area contributed by atoms with E-state index in [1.54, 1.807) is 17.9 Å². The molecular weight excluding hydrogens is 173 g/mol. The molecule has 6 heteroatoms. The van der Waals surface area contributed by atoms with Crippen LogP contribution in [0.2, 0.25) is 0 Å². The number of aryl methyl sites for hydroxylation is 1. The summed E-state index contributed by atoms with van der Waals surface area (Å²) in [5.41, 5.74) is 6.03. The molecule has 5 nitrogen and oxygen atoms in total. The van der Waals surface area contributed by atoms with Gasteiger partial charge in [0.05, 0.1) is 6.33 Å². The Bertz CT molecular complexity index is 378. The number of aromatic nitrogens is 2. The van der Waals surface area contributed by atoms with Crippen LogP contribution in [-0.4, -0.2) is 21.3 Å². The maximum Gasteiger partial charge on any atom is 0.274 e. The third-order valence-electron chi connectivity index (χ3n) is 1.86. The predicted octanol–water partition coefficient (Wildman–Crippen LogP) is 0.194. The average Bonchev–Trinajstić information content (AvgIpc) is 2.30. The topological polar surface area (TPSA) is 68.2 Å². The first-order valence-corrected chi connectivity index (χ1v) is 3.84. The van der Waals surface area contributed by atoms with E-state index in [9.17, 15) is 4.39 Å². The van der Waals surface area contributed by atoms with Crippen molar-refractivity contribution in [2.75, 3.05) is 5.32 Å². The summed E-state index contributed by atoms with van der Waals surface area (Å²) in [4.78, 5) is 7.59. The highest BCUT2D eigenvalue weighted by Crippen LogP contribution is 2.25. The van der Waals surface area contributed by atoms with Crippen LogP contribution in [0.25, 0.3) is 0 Å². The van der Waals surface area contributed by atoms with Gasteiger partial charge in [0, 0.05) is 14.0 Å². The van der Waals surface area contributed by atoms with Gasteiger partial charge >= 0.3 is 0 Å². The lowest BCUT2D eigenvalue weighted by atomic mass is 10.3. The molecule has 0 aliphatic carbocycles. The summed E-state index contributed by atoms with van der Waals surface area (Å²) in [6.45, 7) is 1.30. The van der Waals surface area contributed by atoms with E-state index in [1.165, 1.54) is 6.92 Å². The number of aliphatic imine (C=N–C) groups is 1. The molecule has 0 radical (unpaired) electrons. The Labute approximate surface area is 74.5 Å². The predicted molar refractivity (Wildman–Crippen MR) is 47.1 cm³/mol. The largest absolute Gasteiger partial charge is 0.382 e. The second kappa shape index (κ2) is 2.21. The highest BCUT2D eigenvalue weighted by Gasteiger charge is 2.31. The van der Waals surface area contributed by atoms with Crippen LogP contribution >= 0.6 is 0 Å². The first-order chi connectivity index (χ1) is 5.99. The quantitative estimate of drug-likeness (QED) is 0.564. The number of amidine groups is 1. The molecule has 0 bridgehead atoms. The molecule has 0 saturated carbocycles. The molecule has 1 aromatic heterocycles. The van der Waals surface area contributed by atoms with Gasteiger partial charge in [-0.15, -0.1) is 0 Å². The molecule has 1 aliphatic heterocycles. The zero-order valence-corrected chi connectivity index (χ0v) is 7.37. The number of rotatable bonds is 0. The molecule has 1 aliphatic rings. The Morgan fingerprint density at radius 1 is 1.69 bits per heavy atom. The Kier molecular flexibility index (Phi) is 1.37. The lowest BCUT2D eigenvalue weighted by molar-refractivity contribution is 0.240. The third kappa shape index (κ3) is 1.14. The van der Waals surface area contributed by atoms with Crippen molar-refractivity contribution in [3.05, 3.63) is 12.0 Å². The Morgan fingerprint density at radius 3 is 3.08 bits per heavy atom. The summed E-state index contributed by atoms with van der Waals surface area (Å²) in [5, 5.41) is 2.58. The van der Waals surface area contributed by atoms with Gasteiger partial charge in [-0.25, -0.2) is 9.98 Å². The molecule has 0 saturated heterocycles. The van der Waals surface area contributed by atoms with Gasteiger partial charge in [-0.3, -0.25) is 0 Å². The molecule has 70 valence electrons. The van der Waals surface area contributed by atoms with Crippen molar-refractivity contribution in [3.63, 3.8) is 0 Å². The summed E-state index contributed by atoms with van der Waals surface area (Å²) in [7, 11) is 1.76. The fourth-order valence-electron chi connectivity index (χ4n) is 1.29. The minimum Gasteiger partial charge on any atom is -0.382 e. The lowest BCUT2D eigenvalue weighted by Gasteiger charge is -2.24. The van der Waals surface area contributed by atoms with Crippen LogP contribution in [0, 0.1) is 0 Å². The summed E-state index contributed by atoms with van der Waals surface area (Å²) in [6.07, 6.45) is 1.56. The normalized spacial score (nSPS) is 26.2. The summed E-state index contributed by atoms with van der Waals surface area (Å²) >= 11 is 0. The number of nitrogens with zero attached hydrogens (tertiary/aromatic N) is 3. The number of fused-ring (bicyclic) bond motifs is 1. The second-order valence-corrected chi connectivity index (χ2v) is 3.13. The molecule has 2 rings (SSSR count). The Morgan fingerprint density at radius 2 is 2.38 bits per heavy atom. The molecule has 0 aromatic carbocycles. The van der Waals surface area contributed by atoms with Crippen LogP contribution in [0.1, 0.15) is 12.6 Å². The SMILES string of the molecule is Cn1cnc2c1NC(C)(F)N=C2N. The van der Waals surface area contributed by atoms with Crippen LogP contribution in [0.15, 0.2) is 11.3 Å². The Balaban J connectivity index is 2.57. The van der Waals surface area contributed by atoms with Crippen LogP contribution in [-0.2, 0) is 7.05 Å². The number of alkyl halides is 1. The number of hydrogen-bond acceptors (Lipinski definition) is 4. The van der Waals surface area contributed by atoms with E-state index in [1.807, 2.05) is 0 Å². The standard InChI is InChI=1S/C7H10FN5/c1-7(8)11-5(9)4-6(12-7)13(2)3-10-4/h3,12H,1-2H3,(H2,9,11). The van der Waals surface area contributed by atoms with Crippen LogP contribution in [0.5, 0.6) is 0 Å². The average molecular weight is 183 g/mol. The van der Waals surface area contributed by atoms with E-state index < -0.39 is 5.92 Å². The van der Waals surface area contributed by atoms with Gasteiger partial charge in [0.2, 0.25) is 0 Å². The van der Waals surface area contributed by atoms with Crippen molar-refractivity contribution in [2.24, 2.45) is 17.8 Å². The fraction of sp³-hybridized carbons (Fsp3) is 0.429. The fourth-order valence-corrected chi connectivity index (χ4v) is 1.29. The van der Waals surface area contributed by atoms with E-state index in [2.05, 4.69) is 15.3 Å². The summed E-state index contributed by atoms with van der Waals surface area (Å²) in [5.74, 6) is -1.16. The smallest absolute Gasteiger partial charge is 0.274 e. The summed E-state index contributed by atoms with van der Waals surface area (Å²) in [6, 6.07) is 0. The van der Waals surface area contributed by atoms with Crippen molar-refractivity contribution in [1.29, 1.82) is 0 Å². The highest BCUT2D eigenvalue weighted by molar-refractivity contribution is 6.01. The van der Waals surface area contributed by atoms with Gasteiger partial charge in [-0.1, -0.05) is 0 Å². The van der Waals surface area contributed by atoms with Crippen molar-refractivity contribution < 1.29 is 4.39 Å². The summed E-state index contributed by atoms with van der Waals surface area (Å²) < 4.78 is 15.1. The van der Waals surface area contributed by atoms with Crippen LogP contribution in [0.3, 0.4) is 0 Å². The second-order valence-electron chi connectivity index (χ2n) is 3.13. The molecular formula is C7H10FN5. The van der Waals surface area contributed by atoms with E-state index in [0.717, 1.165) is 0 Å². The van der Waals surface area contributed by atoms with Gasteiger partial charge in [-0.05, 0) is 0 Å². The van der Waals surface area contributed by atoms with Gasteiger partial charge in [-0.2, -0.15) is 4.39 Å². The van der Waals surface area contributed by atoms with Gasteiger partial charge < -0.3 is 15.6 Å². The van der Waals surface area contributed by atoms with Crippen molar-refractivity contribution in [3.8, 4) is 0 Å². The molecule has 3 N–H and O–H groups in total. The van der Waals surface area contributed by atoms with E-state index in [4.69, 9.17) is 5.73 Å². The molecule has 13 heavy (non-hydrogen) atoms. The lowest BCUT2D eigenvalue weighted by Crippen LogP contribution is -2.36.